The lowest BCUT2D eigenvalue weighted by molar-refractivity contribution is -0.131. The summed E-state index contributed by atoms with van der Waals surface area (Å²) in [5.74, 6) is 8.95. The number of aryl methyl sites for hydroxylation is 1. The fraction of sp³-hybridized carbons (Fsp3) is 0.549. The standard InChI is InChI=1S/C51H63N3O7S/c1-13-14-32-30(3)38(25-39-33(32)15-18-53(39)62(12,56)57)52-28-31-16-19-60-43-27-45(55)54-40-26-42(59-11)41(58-10)24-35(40)51(44(52)23-34(31)46(43)48(51)54)17-20-61-47-36(49(4,5)6)21-29(2)22-37(47)50(7,8)9/h21-22,24-26,28,34,43-44,46,48H,15-20,23,27H2,1-12H3/t34-,43+,44-,46+,48+,51-/m1/s1. The highest BCUT2D eigenvalue weighted by Crippen LogP contribution is 2.66. The van der Waals surface area contributed by atoms with Gasteiger partial charge in [0.1, 0.15) is 5.75 Å². The van der Waals surface area contributed by atoms with Crippen LogP contribution in [0.15, 0.2) is 42.1 Å². The minimum atomic E-state index is -3.56. The van der Waals surface area contributed by atoms with Crippen LogP contribution >= 0.6 is 0 Å². The summed E-state index contributed by atoms with van der Waals surface area (Å²) in [6.07, 6.45) is 6.51. The topological polar surface area (TPSA) is 97.9 Å². The predicted octanol–water partition coefficient (Wildman–Crippen LogP) is 8.63. The van der Waals surface area contributed by atoms with Crippen molar-refractivity contribution in [2.75, 3.05) is 54.3 Å². The predicted molar refractivity (Wildman–Crippen MR) is 246 cm³/mol. The first-order chi connectivity index (χ1) is 29.2. The van der Waals surface area contributed by atoms with Gasteiger partial charge in [-0.15, -0.1) is 5.92 Å². The first-order valence-electron chi connectivity index (χ1n) is 22.3. The lowest BCUT2D eigenvalue weighted by Gasteiger charge is -2.61. The van der Waals surface area contributed by atoms with E-state index in [4.69, 9.17) is 18.9 Å². The molecule has 0 N–H and O–H groups in total. The fourth-order valence-electron chi connectivity index (χ4n) is 12.3. The van der Waals surface area contributed by atoms with Crippen molar-refractivity contribution >= 4 is 33.0 Å². The minimum Gasteiger partial charge on any atom is -0.493 e. The Labute approximate surface area is 369 Å². The maximum atomic E-state index is 14.8. The van der Waals surface area contributed by atoms with Crippen LogP contribution in [0, 0.1) is 37.5 Å². The quantitative estimate of drug-likeness (QED) is 0.208. The van der Waals surface area contributed by atoms with Crippen molar-refractivity contribution < 1.29 is 32.2 Å². The van der Waals surface area contributed by atoms with Gasteiger partial charge in [-0.25, -0.2) is 8.42 Å². The van der Waals surface area contributed by atoms with E-state index in [-0.39, 0.29) is 46.8 Å². The number of benzene rings is 3. The summed E-state index contributed by atoms with van der Waals surface area (Å²) in [5, 5.41) is 0. The van der Waals surface area contributed by atoms with E-state index in [2.05, 4.69) is 107 Å². The van der Waals surface area contributed by atoms with E-state index in [1.807, 2.05) is 13.0 Å². The molecule has 62 heavy (non-hydrogen) atoms. The normalized spacial score (nSPS) is 26.0. The molecule has 3 aromatic carbocycles. The summed E-state index contributed by atoms with van der Waals surface area (Å²) in [4.78, 5) is 19.4. The number of anilines is 3. The third kappa shape index (κ3) is 6.36. The summed E-state index contributed by atoms with van der Waals surface area (Å²) in [6, 6.07) is 10.3. The van der Waals surface area contributed by atoms with Crippen molar-refractivity contribution in [2.45, 2.75) is 129 Å². The number of carbonyl (C=O) groups excluding carboxylic acids is 1. The summed E-state index contributed by atoms with van der Waals surface area (Å²) in [7, 11) is -0.250. The highest BCUT2D eigenvalue weighted by molar-refractivity contribution is 7.92. The van der Waals surface area contributed by atoms with Gasteiger partial charge in [-0.2, -0.15) is 0 Å². The molecule has 1 saturated carbocycles. The number of fused-ring (bicyclic) bond motifs is 6. The molecule has 2 saturated heterocycles. The number of sulfonamides is 1. The second kappa shape index (κ2) is 14.7. The molecule has 6 atom stereocenters. The molecule has 3 fully saturated rings. The summed E-state index contributed by atoms with van der Waals surface area (Å²) in [6.45, 7) is 20.9. The zero-order valence-electron chi connectivity index (χ0n) is 38.6. The molecule has 5 heterocycles. The number of piperidine rings is 1. The van der Waals surface area contributed by atoms with E-state index in [9.17, 15) is 13.2 Å². The van der Waals surface area contributed by atoms with Gasteiger partial charge in [0.2, 0.25) is 15.9 Å². The zero-order chi connectivity index (χ0) is 44.4. The van der Waals surface area contributed by atoms with E-state index in [1.54, 1.807) is 18.5 Å². The molecule has 2 bridgehead atoms. The SMILES string of the molecule is CC#Cc1c(C)c(N2C=C3CCO[C@H]4CC(=O)N5c6cc(OC)c(OC)cc6[C@@]6(CCOc7c(C(C)(C)C)cc(C)cc7C(C)(C)C)[C@@H]5[C@H]4[C@@H]3C[C@@H]26)cc2c1CCN2S(C)(=O)=O. The van der Waals surface area contributed by atoms with Crippen molar-refractivity contribution in [3.8, 4) is 29.1 Å². The lowest BCUT2D eigenvalue weighted by atomic mass is 9.52. The molecule has 10 nitrogen and oxygen atoms in total. The number of rotatable bonds is 8. The molecule has 1 amide bonds. The second-order valence-electron chi connectivity index (χ2n) is 20.5. The van der Waals surface area contributed by atoms with Gasteiger partial charge in [0.05, 0.1) is 63.6 Å². The molecule has 330 valence electrons. The van der Waals surface area contributed by atoms with Crippen LogP contribution in [-0.4, -0.2) is 72.7 Å². The summed E-state index contributed by atoms with van der Waals surface area (Å²) in [5.41, 5.74) is 10.2. The molecular formula is C51H63N3O7S. The number of ether oxygens (including phenoxy) is 4. The Kier molecular flexibility index (Phi) is 10.1. The van der Waals surface area contributed by atoms with Gasteiger partial charge in [0.15, 0.2) is 11.5 Å². The van der Waals surface area contributed by atoms with Crippen LogP contribution in [0.3, 0.4) is 0 Å². The van der Waals surface area contributed by atoms with Crippen LogP contribution in [0.5, 0.6) is 17.2 Å². The smallest absolute Gasteiger partial charge is 0.232 e. The number of amides is 1. The molecule has 0 aromatic heterocycles. The maximum Gasteiger partial charge on any atom is 0.232 e. The first kappa shape index (κ1) is 42.6. The van der Waals surface area contributed by atoms with Crippen LogP contribution < -0.4 is 28.3 Å². The molecule has 6 aliphatic rings. The largest absolute Gasteiger partial charge is 0.493 e. The summed E-state index contributed by atoms with van der Waals surface area (Å²) >= 11 is 0. The molecule has 0 radical (unpaired) electrons. The van der Waals surface area contributed by atoms with Crippen LogP contribution in [-0.2, 0) is 42.2 Å². The van der Waals surface area contributed by atoms with Gasteiger partial charge in [0.25, 0.3) is 0 Å². The van der Waals surface area contributed by atoms with Crippen molar-refractivity contribution in [3.63, 3.8) is 0 Å². The highest BCUT2D eigenvalue weighted by Gasteiger charge is 2.69. The van der Waals surface area contributed by atoms with Crippen molar-refractivity contribution in [1.82, 2.24) is 0 Å². The fourth-order valence-corrected chi connectivity index (χ4v) is 13.2. The number of carbonyl (C=O) groups is 1. The average molecular weight is 862 g/mol. The van der Waals surface area contributed by atoms with Crippen LogP contribution in [0.1, 0.15) is 113 Å². The second-order valence-corrected chi connectivity index (χ2v) is 22.4. The number of hydrogen-bond donors (Lipinski definition) is 0. The van der Waals surface area contributed by atoms with Crippen LogP contribution in [0.25, 0.3) is 0 Å². The molecule has 3 aromatic rings. The Morgan fingerprint density at radius 1 is 0.919 bits per heavy atom. The van der Waals surface area contributed by atoms with E-state index in [1.165, 1.54) is 28.5 Å². The van der Waals surface area contributed by atoms with Gasteiger partial charge in [0, 0.05) is 58.6 Å². The Morgan fingerprint density at radius 2 is 1.60 bits per heavy atom. The van der Waals surface area contributed by atoms with Gasteiger partial charge in [-0.3, -0.25) is 9.10 Å². The third-order valence-electron chi connectivity index (χ3n) is 14.9. The lowest BCUT2D eigenvalue weighted by Crippen LogP contribution is -2.71. The number of nitrogens with zero attached hydrogens (tertiary/aromatic N) is 3. The van der Waals surface area contributed by atoms with Crippen molar-refractivity contribution in [3.05, 3.63) is 81.0 Å². The molecule has 9 rings (SSSR count). The molecule has 1 aliphatic carbocycles. The average Bonchev–Trinajstić information content (AvgIpc) is 3.70. The van der Waals surface area contributed by atoms with Gasteiger partial charge >= 0.3 is 0 Å². The first-order valence-corrected chi connectivity index (χ1v) is 24.1. The Balaban J connectivity index is 1.30. The van der Waals surface area contributed by atoms with Crippen LogP contribution in [0.2, 0.25) is 0 Å². The molecule has 11 heteroatoms. The Hall–Kier alpha value is -4.66. The summed E-state index contributed by atoms with van der Waals surface area (Å²) < 4.78 is 54.3. The highest BCUT2D eigenvalue weighted by atomic mass is 32.2. The van der Waals surface area contributed by atoms with Crippen molar-refractivity contribution in [2.24, 2.45) is 11.8 Å². The molecular weight excluding hydrogens is 799 g/mol. The van der Waals surface area contributed by atoms with Crippen LogP contribution in [0.4, 0.5) is 17.1 Å². The van der Waals surface area contributed by atoms with Gasteiger partial charge in [-0.1, -0.05) is 65.2 Å². The van der Waals surface area contributed by atoms with E-state index >= 15 is 0 Å². The molecule has 5 aliphatic heterocycles. The maximum absolute atomic E-state index is 14.8. The molecule has 0 unspecified atom stereocenters. The Bertz CT molecular complexity index is 2560. The third-order valence-corrected chi connectivity index (χ3v) is 16.1. The number of methoxy groups -OCH3 is 2. The van der Waals surface area contributed by atoms with Gasteiger partial charge < -0.3 is 28.7 Å². The minimum absolute atomic E-state index is 0.0437. The monoisotopic (exact) mass is 861 g/mol. The van der Waals surface area contributed by atoms with E-state index < -0.39 is 15.4 Å². The van der Waals surface area contributed by atoms with Crippen molar-refractivity contribution in [1.29, 1.82) is 0 Å². The number of hydrogen-bond acceptors (Lipinski definition) is 8. The van der Waals surface area contributed by atoms with E-state index in [0.29, 0.717) is 56.2 Å². The Morgan fingerprint density at radius 3 is 2.23 bits per heavy atom. The van der Waals surface area contributed by atoms with Gasteiger partial charge in [-0.05, 0) is 97.6 Å². The zero-order valence-corrected chi connectivity index (χ0v) is 39.4. The van der Waals surface area contributed by atoms with E-state index in [0.717, 1.165) is 52.2 Å². The molecule has 0 spiro atoms.